The fourth-order valence-corrected chi connectivity index (χ4v) is 2.57. The summed E-state index contributed by atoms with van der Waals surface area (Å²) in [7, 11) is 1.69. The van der Waals surface area contributed by atoms with Gasteiger partial charge in [0.15, 0.2) is 0 Å². The summed E-state index contributed by atoms with van der Waals surface area (Å²) in [6, 6.07) is 8.25. The van der Waals surface area contributed by atoms with Crippen LogP contribution in [0.25, 0.3) is 0 Å². The molecule has 1 aromatic carbocycles. The Morgan fingerprint density at radius 2 is 2.21 bits per heavy atom. The lowest BCUT2D eigenvalue weighted by molar-refractivity contribution is -0.122. The van der Waals surface area contributed by atoms with E-state index in [0.717, 1.165) is 31.7 Å². The van der Waals surface area contributed by atoms with E-state index >= 15 is 0 Å². The number of methoxy groups -OCH3 is 1. The predicted molar refractivity (Wildman–Crippen MR) is 73.7 cm³/mol. The summed E-state index contributed by atoms with van der Waals surface area (Å²) < 4.78 is 5.26. The molecule has 3 N–H and O–H groups in total. The monoisotopic (exact) mass is 263 g/mol. The van der Waals surface area contributed by atoms with Crippen molar-refractivity contribution in [3.05, 3.63) is 29.8 Å². The van der Waals surface area contributed by atoms with Crippen molar-refractivity contribution in [2.75, 3.05) is 26.7 Å². The molecule has 2 rings (SSSR count). The standard InChI is InChI=1S/C14H21N3O2/c1-19-13-4-2-3-12(9-13)11-5-7-17(8-6-11)10-14(18)16-15/h2-4,9,11H,5-8,10,15H2,1H3,(H,16,18). The summed E-state index contributed by atoms with van der Waals surface area (Å²) in [5.74, 6) is 6.43. The molecule has 0 aliphatic carbocycles. The maximum absolute atomic E-state index is 11.2. The van der Waals surface area contributed by atoms with Crippen molar-refractivity contribution in [2.45, 2.75) is 18.8 Å². The summed E-state index contributed by atoms with van der Waals surface area (Å²) in [4.78, 5) is 13.4. The van der Waals surface area contributed by atoms with Crippen LogP contribution in [-0.4, -0.2) is 37.6 Å². The minimum atomic E-state index is -0.125. The lowest BCUT2D eigenvalue weighted by Crippen LogP contribution is -2.43. The van der Waals surface area contributed by atoms with Crippen molar-refractivity contribution >= 4 is 5.91 Å². The van der Waals surface area contributed by atoms with Crippen LogP contribution in [0.3, 0.4) is 0 Å². The van der Waals surface area contributed by atoms with Gasteiger partial charge in [-0.15, -0.1) is 0 Å². The molecule has 1 amide bonds. The second-order valence-corrected chi connectivity index (χ2v) is 4.89. The lowest BCUT2D eigenvalue weighted by Gasteiger charge is -2.31. The number of nitrogens with two attached hydrogens (primary N) is 1. The molecule has 0 saturated carbocycles. The number of piperidine rings is 1. The predicted octanol–water partition coefficient (Wildman–Crippen LogP) is 0.865. The highest BCUT2D eigenvalue weighted by Gasteiger charge is 2.21. The Bertz CT molecular complexity index is 428. The van der Waals surface area contributed by atoms with E-state index in [-0.39, 0.29) is 5.91 Å². The number of amides is 1. The highest BCUT2D eigenvalue weighted by Crippen LogP contribution is 2.29. The van der Waals surface area contributed by atoms with Gasteiger partial charge in [-0.1, -0.05) is 12.1 Å². The number of nitrogens with one attached hydrogen (secondary N) is 1. The Morgan fingerprint density at radius 1 is 1.47 bits per heavy atom. The van der Waals surface area contributed by atoms with Crippen LogP contribution in [-0.2, 0) is 4.79 Å². The number of carbonyl (C=O) groups is 1. The fourth-order valence-electron chi connectivity index (χ4n) is 2.57. The van der Waals surface area contributed by atoms with Crippen LogP contribution in [0, 0.1) is 0 Å². The first-order valence-corrected chi connectivity index (χ1v) is 6.58. The zero-order valence-corrected chi connectivity index (χ0v) is 11.3. The average Bonchev–Trinajstić information content (AvgIpc) is 2.48. The van der Waals surface area contributed by atoms with Gasteiger partial charge in [0.05, 0.1) is 13.7 Å². The molecule has 1 fully saturated rings. The van der Waals surface area contributed by atoms with E-state index < -0.39 is 0 Å². The van der Waals surface area contributed by atoms with Gasteiger partial charge in [-0.3, -0.25) is 15.1 Å². The summed E-state index contributed by atoms with van der Waals surface area (Å²) in [6.07, 6.45) is 2.12. The Kier molecular flexibility index (Phi) is 4.76. The largest absolute Gasteiger partial charge is 0.497 e. The molecule has 104 valence electrons. The van der Waals surface area contributed by atoms with Gasteiger partial charge in [-0.25, -0.2) is 5.84 Å². The highest BCUT2D eigenvalue weighted by atomic mass is 16.5. The topological polar surface area (TPSA) is 67.6 Å². The minimum absolute atomic E-state index is 0.125. The molecule has 1 aliphatic heterocycles. The number of hydrogen-bond donors (Lipinski definition) is 2. The van der Waals surface area contributed by atoms with Crippen molar-refractivity contribution in [1.29, 1.82) is 0 Å². The third-order valence-corrected chi connectivity index (χ3v) is 3.68. The van der Waals surface area contributed by atoms with E-state index in [1.54, 1.807) is 7.11 Å². The van der Waals surface area contributed by atoms with Gasteiger partial charge in [0.1, 0.15) is 5.75 Å². The Labute approximate surface area is 113 Å². The normalized spacial score (nSPS) is 17.2. The maximum atomic E-state index is 11.2. The van der Waals surface area contributed by atoms with Crippen LogP contribution in [0.5, 0.6) is 5.75 Å². The molecule has 0 atom stereocenters. The summed E-state index contributed by atoms with van der Waals surface area (Å²) in [5.41, 5.74) is 3.49. The quantitative estimate of drug-likeness (QED) is 0.480. The Hall–Kier alpha value is -1.59. The van der Waals surface area contributed by atoms with Crippen LogP contribution in [0.2, 0.25) is 0 Å². The van der Waals surface area contributed by atoms with E-state index in [1.165, 1.54) is 5.56 Å². The van der Waals surface area contributed by atoms with Gasteiger partial charge in [0, 0.05) is 0 Å². The minimum Gasteiger partial charge on any atom is -0.497 e. The number of likely N-dealkylation sites (tertiary alicyclic amines) is 1. The number of rotatable bonds is 4. The molecule has 5 heteroatoms. The van der Waals surface area contributed by atoms with Gasteiger partial charge in [0.2, 0.25) is 5.91 Å². The molecule has 0 aromatic heterocycles. The maximum Gasteiger partial charge on any atom is 0.248 e. The highest BCUT2D eigenvalue weighted by molar-refractivity contribution is 5.77. The molecule has 0 unspecified atom stereocenters. The van der Waals surface area contributed by atoms with Gasteiger partial charge in [0.25, 0.3) is 0 Å². The molecule has 0 bridgehead atoms. The molecule has 1 heterocycles. The molecule has 5 nitrogen and oxygen atoms in total. The Morgan fingerprint density at radius 3 is 2.84 bits per heavy atom. The van der Waals surface area contributed by atoms with Crippen molar-refractivity contribution in [2.24, 2.45) is 5.84 Å². The van der Waals surface area contributed by atoms with Crippen LogP contribution in [0.4, 0.5) is 0 Å². The van der Waals surface area contributed by atoms with Gasteiger partial charge < -0.3 is 4.74 Å². The number of carbonyl (C=O) groups excluding carboxylic acids is 1. The van der Waals surface area contributed by atoms with E-state index in [1.807, 2.05) is 12.1 Å². The molecule has 19 heavy (non-hydrogen) atoms. The van der Waals surface area contributed by atoms with Crippen LogP contribution >= 0.6 is 0 Å². The average molecular weight is 263 g/mol. The molecule has 0 radical (unpaired) electrons. The molecule has 1 aromatic rings. The molecular formula is C14H21N3O2. The number of ether oxygens (including phenoxy) is 1. The second-order valence-electron chi connectivity index (χ2n) is 4.89. The first-order chi connectivity index (χ1) is 9.22. The number of nitrogens with zero attached hydrogens (tertiary/aromatic N) is 1. The Balaban J connectivity index is 1.90. The molecule has 1 saturated heterocycles. The zero-order valence-electron chi connectivity index (χ0n) is 11.3. The van der Waals surface area contributed by atoms with Gasteiger partial charge in [-0.2, -0.15) is 0 Å². The zero-order chi connectivity index (χ0) is 13.7. The molecular weight excluding hydrogens is 242 g/mol. The smallest absolute Gasteiger partial charge is 0.248 e. The van der Waals surface area contributed by atoms with Crippen molar-refractivity contribution < 1.29 is 9.53 Å². The second kappa shape index (κ2) is 6.54. The number of benzene rings is 1. The van der Waals surface area contributed by atoms with E-state index in [0.29, 0.717) is 12.5 Å². The van der Waals surface area contributed by atoms with Crippen molar-refractivity contribution in [3.8, 4) is 5.75 Å². The van der Waals surface area contributed by atoms with Crippen LogP contribution in [0.15, 0.2) is 24.3 Å². The SMILES string of the molecule is COc1cccc(C2CCN(CC(=O)NN)CC2)c1. The number of hydrazine groups is 1. The van der Waals surface area contributed by atoms with E-state index in [9.17, 15) is 4.79 Å². The first-order valence-electron chi connectivity index (χ1n) is 6.58. The van der Waals surface area contributed by atoms with E-state index in [4.69, 9.17) is 10.6 Å². The third kappa shape index (κ3) is 3.68. The summed E-state index contributed by atoms with van der Waals surface area (Å²) >= 11 is 0. The number of hydrogen-bond acceptors (Lipinski definition) is 4. The van der Waals surface area contributed by atoms with Crippen molar-refractivity contribution in [3.63, 3.8) is 0 Å². The third-order valence-electron chi connectivity index (χ3n) is 3.68. The fraction of sp³-hybridized carbons (Fsp3) is 0.500. The molecule has 1 aliphatic rings. The first kappa shape index (κ1) is 13.8. The van der Waals surface area contributed by atoms with Crippen LogP contribution < -0.4 is 16.0 Å². The van der Waals surface area contributed by atoms with Crippen LogP contribution in [0.1, 0.15) is 24.3 Å². The van der Waals surface area contributed by atoms with Gasteiger partial charge >= 0.3 is 0 Å². The summed E-state index contributed by atoms with van der Waals surface area (Å²) in [5, 5.41) is 0. The van der Waals surface area contributed by atoms with Crippen molar-refractivity contribution in [1.82, 2.24) is 10.3 Å². The lowest BCUT2D eigenvalue weighted by atomic mass is 9.89. The van der Waals surface area contributed by atoms with Gasteiger partial charge in [-0.05, 0) is 49.5 Å². The summed E-state index contributed by atoms with van der Waals surface area (Å²) in [6.45, 7) is 2.24. The molecule has 0 spiro atoms. The van der Waals surface area contributed by atoms with E-state index in [2.05, 4.69) is 22.5 Å².